The zero-order valence-corrected chi connectivity index (χ0v) is 14.5. The maximum absolute atomic E-state index is 12.5. The molecule has 2 aliphatic rings. The van der Waals surface area contributed by atoms with Crippen molar-refractivity contribution in [3.63, 3.8) is 0 Å². The molecule has 1 aliphatic heterocycles. The van der Waals surface area contributed by atoms with Gasteiger partial charge in [-0.05, 0) is 49.8 Å². The van der Waals surface area contributed by atoms with Gasteiger partial charge in [-0.15, -0.1) is 0 Å². The summed E-state index contributed by atoms with van der Waals surface area (Å²) in [5, 5.41) is 7.51. The number of hydrogen-bond donors (Lipinski definition) is 1. The van der Waals surface area contributed by atoms with Crippen molar-refractivity contribution >= 4 is 5.91 Å². The zero-order chi connectivity index (χ0) is 17.1. The van der Waals surface area contributed by atoms with Gasteiger partial charge in [-0.2, -0.15) is 5.10 Å². The fourth-order valence-corrected chi connectivity index (χ4v) is 3.56. The minimum atomic E-state index is -0.00428. The molecular formula is C20H25N3O2. The van der Waals surface area contributed by atoms with Gasteiger partial charge >= 0.3 is 0 Å². The van der Waals surface area contributed by atoms with Crippen LogP contribution >= 0.6 is 0 Å². The number of amides is 1. The number of nitrogens with zero attached hydrogens (tertiary/aromatic N) is 2. The Morgan fingerprint density at radius 2 is 2.12 bits per heavy atom. The number of benzene rings is 1. The van der Waals surface area contributed by atoms with E-state index < -0.39 is 0 Å². The van der Waals surface area contributed by atoms with E-state index >= 15 is 0 Å². The lowest BCUT2D eigenvalue weighted by Gasteiger charge is -2.14. The Balaban J connectivity index is 1.25. The van der Waals surface area contributed by atoms with E-state index in [4.69, 9.17) is 4.74 Å². The first-order valence-corrected chi connectivity index (χ1v) is 9.31. The van der Waals surface area contributed by atoms with Gasteiger partial charge in [0.05, 0.1) is 6.61 Å². The van der Waals surface area contributed by atoms with Crippen LogP contribution < -0.4 is 10.1 Å². The Kier molecular flexibility index (Phi) is 4.72. The van der Waals surface area contributed by atoms with Crippen LogP contribution in [0.1, 0.15) is 42.9 Å². The third-order valence-corrected chi connectivity index (χ3v) is 5.12. The molecule has 1 aliphatic carbocycles. The first-order valence-electron chi connectivity index (χ1n) is 9.31. The van der Waals surface area contributed by atoms with Crippen molar-refractivity contribution in [3.05, 3.63) is 47.8 Å². The molecule has 1 atom stereocenters. The summed E-state index contributed by atoms with van der Waals surface area (Å²) in [5.41, 5.74) is 2.48. The molecule has 4 rings (SSSR count). The van der Waals surface area contributed by atoms with Crippen molar-refractivity contribution in [1.82, 2.24) is 15.1 Å². The van der Waals surface area contributed by atoms with E-state index in [1.54, 1.807) is 0 Å². The number of ether oxygens (including phenoxy) is 1. The van der Waals surface area contributed by atoms with Gasteiger partial charge in [0.1, 0.15) is 5.75 Å². The van der Waals surface area contributed by atoms with Gasteiger partial charge in [0.15, 0.2) is 0 Å². The second-order valence-electron chi connectivity index (χ2n) is 7.04. The highest BCUT2D eigenvalue weighted by Crippen LogP contribution is 2.39. The Morgan fingerprint density at radius 1 is 1.24 bits per heavy atom. The van der Waals surface area contributed by atoms with Crippen molar-refractivity contribution in [1.29, 1.82) is 0 Å². The molecule has 1 saturated carbocycles. The number of hydrogen-bond acceptors (Lipinski definition) is 3. The molecule has 5 heteroatoms. The lowest BCUT2D eigenvalue weighted by Crippen LogP contribution is -2.33. The minimum absolute atomic E-state index is 0.00428. The summed E-state index contributed by atoms with van der Waals surface area (Å²) in [5.74, 6) is 1.77. The summed E-state index contributed by atoms with van der Waals surface area (Å²) >= 11 is 0. The molecule has 0 unspecified atom stereocenters. The first-order chi connectivity index (χ1) is 12.3. The van der Waals surface area contributed by atoms with Crippen LogP contribution in [0.3, 0.4) is 0 Å². The molecule has 0 saturated heterocycles. The van der Waals surface area contributed by atoms with Crippen molar-refractivity contribution in [3.8, 4) is 5.75 Å². The van der Waals surface area contributed by atoms with Crippen molar-refractivity contribution < 1.29 is 9.53 Å². The third-order valence-electron chi connectivity index (χ3n) is 5.12. The van der Waals surface area contributed by atoms with E-state index in [1.165, 1.54) is 18.5 Å². The topological polar surface area (TPSA) is 56.2 Å². The minimum Gasteiger partial charge on any atom is -0.493 e. The maximum atomic E-state index is 12.5. The summed E-state index contributed by atoms with van der Waals surface area (Å²) in [4.78, 5) is 12.5. The molecule has 1 fully saturated rings. The van der Waals surface area contributed by atoms with E-state index in [-0.39, 0.29) is 11.8 Å². The fraction of sp³-hybridized carbons (Fsp3) is 0.500. The van der Waals surface area contributed by atoms with E-state index in [9.17, 15) is 4.79 Å². The largest absolute Gasteiger partial charge is 0.493 e. The number of nitrogens with one attached hydrogen (secondary N) is 1. The average molecular weight is 339 g/mol. The van der Waals surface area contributed by atoms with Crippen molar-refractivity contribution in [2.24, 2.45) is 5.92 Å². The summed E-state index contributed by atoms with van der Waals surface area (Å²) in [7, 11) is 0. The van der Waals surface area contributed by atoms with E-state index in [0.717, 1.165) is 37.1 Å². The highest BCUT2D eigenvalue weighted by Gasteiger charge is 2.27. The predicted octanol–water partition coefficient (Wildman–Crippen LogP) is 2.91. The molecule has 1 N–H and O–H groups in total. The highest BCUT2D eigenvalue weighted by molar-refractivity contribution is 5.79. The van der Waals surface area contributed by atoms with E-state index in [1.807, 2.05) is 24.4 Å². The normalized spacial score (nSPS) is 19.6. The summed E-state index contributed by atoms with van der Waals surface area (Å²) in [6, 6.07) is 10.1. The van der Waals surface area contributed by atoms with Crippen LogP contribution in [0.25, 0.3) is 0 Å². The van der Waals surface area contributed by atoms with Crippen LogP contribution in [0.4, 0.5) is 0 Å². The SMILES string of the molecule is O=C(NCCCn1nccc1C1CC1)[C@@H]1CCOc2ccccc2C1. The summed E-state index contributed by atoms with van der Waals surface area (Å²) < 4.78 is 7.85. The van der Waals surface area contributed by atoms with Crippen molar-refractivity contribution in [2.45, 2.75) is 44.6 Å². The van der Waals surface area contributed by atoms with Gasteiger partial charge in [0, 0.05) is 36.8 Å². The Labute approximate surface area is 148 Å². The predicted molar refractivity (Wildman–Crippen MR) is 95.6 cm³/mol. The summed E-state index contributed by atoms with van der Waals surface area (Å²) in [6.07, 6.45) is 6.89. The quantitative estimate of drug-likeness (QED) is 0.823. The molecule has 1 aromatic carbocycles. The lowest BCUT2D eigenvalue weighted by molar-refractivity contribution is -0.125. The number of para-hydroxylation sites is 1. The van der Waals surface area contributed by atoms with Crippen LogP contribution in [0.5, 0.6) is 5.75 Å². The molecule has 1 aromatic heterocycles. The molecule has 5 nitrogen and oxygen atoms in total. The number of aryl methyl sites for hydroxylation is 1. The molecule has 2 heterocycles. The molecule has 25 heavy (non-hydrogen) atoms. The Morgan fingerprint density at radius 3 is 3.00 bits per heavy atom. The molecule has 2 aromatic rings. The zero-order valence-electron chi connectivity index (χ0n) is 14.5. The number of carbonyl (C=O) groups is 1. The Bertz CT molecular complexity index is 736. The smallest absolute Gasteiger partial charge is 0.223 e. The average Bonchev–Trinajstić information content (AvgIpc) is 3.41. The van der Waals surface area contributed by atoms with Gasteiger partial charge < -0.3 is 10.1 Å². The molecule has 132 valence electrons. The van der Waals surface area contributed by atoms with Gasteiger partial charge in [0.2, 0.25) is 5.91 Å². The van der Waals surface area contributed by atoms with Gasteiger partial charge in [-0.1, -0.05) is 18.2 Å². The molecule has 0 bridgehead atoms. The van der Waals surface area contributed by atoms with Gasteiger partial charge in [-0.3, -0.25) is 9.48 Å². The summed E-state index contributed by atoms with van der Waals surface area (Å²) in [6.45, 7) is 2.17. The second-order valence-corrected chi connectivity index (χ2v) is 7.04. The first kappa shape index (κ1) is 16.2. The van der Waals surface area contributed by atoms with Gasteiger partial charge in [0.25, 0.3) is 0 Å². The molecular weight excluding hydrogens is 314 g/mol. The second kappa shape index (κ2) is 7.30. The number of carbonyl (C=O) groups excluding carboxylic acids is 1. The third kappa shape index (κ3) is 3.86. The molecule has 0 radical (unpaired) electrons. The lowest BCUT2D eigenvalue weighted by atomic mass is 9.96. The number of rotatable bonds is 6. The van der Waals surface area contributed by atoms with Gasteiger partial charge in [-0.25, -0.2) is 0 Å². The Hall–Kier alpha value is -2.30. The van der Waals surface area contributed by atoms with Crippen LogP contribution in [0.2, 0.25) is 0 Å². The monoisotopic (exact) mass is 339 g/mol. The number of aromatic nitrogens is 2. The maximum Gasteiger partial charge on any atom is 0.223 e. The highest BCUT2D eigenvalue weighted by atomic mass is 16.5. The van der Waals surface area contributed by atoms with Crippen LogP contribution in [-0.2, 0) is 17.8 Å². The van der Waals surface area contributed by atoms with Crippen LogP contribution in [0.15, 0.2) is 36.5 Å². The number of fused-ring (bicyclic) bond motifs is 1. The van der Waals surface area contributed by atoms with E-state index in [2.05, 4.69) is 27.2 Å². The molecule has 0 spiro atoms. The van der Waals surface area contributed by atoms with E-state index in [0.29, 0.717) is 19.1 Å². The molecule has 1 amide bonds. The standard InChI is InChI=1S/C20H25N3O2/c24-20(17-9-13-25-19-5-2-1-4-16(19)14-17)21-10-3-12-23-18(8-11-22-23)15-6-7-15/h1-2,4-5,8,11,15,17H,3,6-7,9-10,12-14H2,(H,21,24)/t17-/m1/s1. The van der Waals surface area contributed by atoms with Crippen LogP contribution in [-0.4, -0.2) is 28.8 Å². The fourth-order valence-electron chi connectivity index (χ4n) is 3.56. The van der Waals surface area contributed by atoms with Crippen molar-refractivity contribution in [2.75, 3.05) is 13.2 Å². The van der Waals surface area contributed by atoms with Crippen LogP contribution in [0, 0.1) is 5.92 Å².